The molecule has 0 saturated heterocycles. The van der Waals surface area contributed by atoms with Gasteiger partial charge < -0.3 is 20.8 Å². The molecule has 3 rings (SSSR count). The topological polar surface area (TPSA) is 98.7 Å². The fourth-order valence-electron chi connectivity index (χ4n) is 3.56. The second kappa shape index (κ2) is 11.6. The van der Waals surface area contributed by atoms with Gasteiger partial charge in [0.1, 0.15) is 0 Å². The van der Waals surface area contributed by atoms with Gasteiger partial charge in [0.2, 0.25) is 0 Å². The normalized spacial score (nSPS) is 13.1. The molecule has 0 unspecified atom stereocenters. The molecule has 0 aromatic heterocycles. The summed E-state index contributed by atoms with van der Waals surface area (Å²) >= 11 is 0. The van der Waals surface area contributed by atoms with E-state index in [-0.39, 0.29) is 30.6 Å². The monoisotopic (exact) mass is 486 g/mol. The summed E-state index contributed by atoms with van der Waals surface area (Å²) in [4.78, 5) is 24.0. The van der Waals surface area contributed by atoms with Gasteiger partial charge in [-0.25, -0.2) is 4.79 Å². The minimum atomic E-state index is -4.45. The average Bonchev–Trinajstić information content (AvgIpc) is 2.84. The van der Waals surface area contributed by atoms with Crippen molar-refractivity contribution in [2.45, 2.75) is 31.3 Å². The standard InChI is InChI=1S/C26H25F3N2O4/c27-26(28,29)21-11-4-8-18(12-21)15-30-16-23(32)22(13-17-6-2-1-3-7-17)31-24(33)19-9-5-10-20(14-19)25(34)35/h1-12,14,22-23,30,32H,13,15-16H2,(H,31,33)(H,34,35)/t22-,23+/m0/s1. The first kappa shape index (κ1) is 25.9. The molecule has 0 heterocycles. The number of aromatic carboxylic acids is 1. The Hall–Kier alpha value is -3.69. The van der Waals surface area contributed by atoms with E-state index in [9.17, 15) is 27.9 Å². The molecule has 0 spiro atoms. The number of hydrogen-bond donors (Lipinski definition) is 4. The Morgan fingerprint density at radius 1 is 0.857 bits per heavy atom. The van der Waals surface area contributed by atoms with Gasteiger partial charge in [0, 0.05) is 18.7 Å². The lowest BCUT2D eigenvalue weighted by Gasteiger charge is -2.25. The molecule has 4 N–H and O–H groups in total. The number of carbonyl (C=O) groups is 2. The Balaban J connectivity index is 1.68. The first-order chi connectivity index (χ1) is 16.6. The number of aliphatic hydroxyl groups is 1. The maximum atomic E-state index is 12.9. The smallest absolute Gasteiger partial charge is 0.416 e. The Labute approximate surface area is 200 Å². The molecule has 0 aliphatic heterocycles. The number of hydrogen-bond acceptors (Lipinski definition) is 4. The van der Waals surface area contributed by atoms with Crippen molar-refractivity contribution in [1.82, 2.24) is 10.6 Å². The number of amides is 1. The van der Waals surface area contributed by atoms with Crippen LogP contribution in [0.3, 0.4) is 0 Å². The van der Waals surface area contributed by atoms with Crippen LogP contribution in [-0.4, -0.2) is 40.8 Å². The van der Waals surface area contributed by atoms with Crippen molar-refractivity contribution in [3.63, 3.8) is 0 Å². The van der Waals surface area contributed by atoms with Crippen molar-refractivity contribution in [2.24, 2.45) is 0 Å². The Morgan fingerprint density at radius 3 is 2.20 bits per heavy atom. The molecule has 9 heteroatoms. The number of aliphatic hydroxyl groups excluding tert-OH is 1. The fraction of sp³-hybridized carbons (Fsp3) is 0.231. The molecule has 0 aliphatic rings. The predicted octanol–water partition coefficient (Wildman–Crippen LogP) is 3.90. The van der Waals surface area contributed by atoms with Crippen LogP contribution < -0.4 is 10.6 Å². The molecule has 1 amide bonds. The molecule has 184 valence electrons. The van der Waals surface area contributed by atoms with E-state index in [1.807, 2.05) is 30.3 Å². The third kappa shape index (κ3) is 7.66. The maximum Gasteiger partial charge on any atom is 0.416 e. The van der Waals surface area contributed by atoms with Crippen LogP contribution in [0.15, 0.2) is 78.9 Å². The molecule has 0 saturated carbocycles. The summed E-state index contributed by atoms with van der Waals surface area (Å²) in [5.74, 6) is -1.72. The zero-order valence-electron chi connectivity index (χ0n) is 18.6. The largest absolute Gasteiger partial charge is 0.478 e. The van der Waals surface area contributed by atoms with E-state index in [0.29, 0.717) is 5.56 Å². The summed E-state index contributed by atoms with van der Waals surface area (Å²) in [7, 11) is 0. The molecule has 0 aliphatic carbocycles. The van der Waals surface area contributed by atoms with Crippen molar-refractivity contribution in [1.29, 1.82) is 0 Å². The molecule has 0 fully saturated rings. The molecule has 3 aromatic rings. The van der Waals surface area contributed by atoms with E-state index in [2.05, 4.69) is 10.6 Å². The second-order valence-corrected chi connectivity index (χ2v) is 8.05. The van der Waals surface area contributed by atoms with Crippen LogP contribution in [0.25, 0.3) is 0 Å². The molecule has 3 aromatic carbocycles. The Morgan fingerprint density at radius 2 is 1.51 bits per heavy atom. The van der Waals surface area contributed by atoms with Crippen LogP contribution in [0.1, 0.15) is 37.4 Å². The molecule has 0 radical (unpaired) electrons. The SMILES string of the molecule is O=C(O)c1cccc(C(=O)N[C@@H](Cc2ccccc2)[C@H](O)CNCc2cccc(C(F)(F)F)c2)c1. The summed E-state index contributed by atoms with van der Waals surface area (Å²) in [6.45, 7) is 0.0941. The van der Waals surface area contributed by atoms with Crippen LogP contribution in [0.5, 0.6) is 0 Å². The number of halogens is 3. The minimum Gasteiger partial charge on any atom is -0.478 e. The van der Waals surface area contributed by atoms with E-state index >= 15 is 0 Å². The highest BCUT2D eigenvalue weighted by atomic mass is 19.4. The number of carboxylic acids is 1. The lowest BCUT2D eigenvalue weighted by Crippen LogP contribution is -2.48. The summed E-state index contributed by atoms with van der Waals surface area (Å²) < 4.78 is 38.8. The third-order valence-electron chi connectivity index (χ3n) is 5.39. The van der Waals surface area contributed by atoms with Crippen LogP contribution >= 0.6 is 0 Å². The maximum absolute atomic E-state index is 12.9. The quantitative estimate of drug-likeness (QED) is 0.349. The van der Waals surface area contributed by atoms with E-state index < -0.39 is 35.8 Å². The van der Waals surface area contributed by atoms with Gasteiger partial charge in [0.25, 0.3) is 5.91 Å². The molecular formula is C26H25F3N2O4. The molecule has 35 heavy (non-hydrogen) atoms. The van der Waals surface area contributed by atoms with Gasteiger partial charge in [0.15, 0.2) is 0 Å². The van der Waals surface area contributed by atoms with E-state index in [1.54, 1.807) is 6.07 Å². The zero-order valence-corrected chi connectivity index (χ0v) is 18.6. The summed E-state index contributed by atoms with van der Waals surface area (Å²) in [6, 6.07) is 18.9. The fourth-order valence-corrected chi connectivity index (χ4v) is 3.56. The summed E-state index contributed by atoms with van der Waals surface area (Å²) in [5.41, 5.74) is 0.595. The lowest BCUT2D eigenvalue weighted by atomic mass is 10.00. The van der Waals surface area contributed by atoms with Crippen molar-refractivity contribution in [3.8, 4) is 0 Å². The average molecular weight is 486 g/mol. The Bertz CT molecular complexity index is 1150. The lowest BCUT2D eigenvalue weighted by molar-refractivity contribution is -0.137. The van der Waals surface area contributed by atoms with Gasteiger partial charge in [-0.15, -0.1) is 0 Å². The predicted molar refractivity (Wildman–Crippen MR) is 124 cm³/mol. The zero-order chi connectivity index (χ0) is 25.4. The van der Waals surface area contributed by atoms with E-state index in [1.165, 1.54) is 30.3 Å². The van der Waals surface area contributed by atoms with Gasteiger partial charge in [-0.3, -0.25) is 4.79 Å². The van der Waals surface area contributed by atoms with E-state index in [4.69, 9.17) is 5.11 Å². The highest BCUT2D eigenvalue weighted by Gasteiger charge is 2.30. The number of carboxylic acid groups (broad SMARTS) is 1. The molecule has 0 bridgehead atoms. The summed E-state index contributed by atoms with van der Waals surface area (Å²) in [6.07, 6.45) is -5.23. The van der Waals surface area contributed by atoms with Gasteiger partial charge in [-0.05, 0) is 41.8 Å². The molecular weight excluding hydrogens is 461 g/mol. The first-order valence-corrected chi connectivity index (χ1v) is 10.9. The highest BCUT2D eigenvalue weighted by Crippen LogP contribution is 2.29. The van der Waals surface area contributed by atoms with Crippen LogP contribution in [0.2, 0.25) is 0 Å². The van der Waals surface area contributed by atoms with Crippen LogP contribution in [-0.2, 0) is 19.1 Å². The van der Waals surface area contributed by atoms with Crippen LogP contribution in [0, 0.1) is 0 Å². The van der Waals surface area contributed by atoms with E-state index in [0.717, 1.165) is 17.7 Å². The summed E-state index contributed by atoms with van der Waals surface area (Å²) in [5, 5.41) is 25.7. The number of nitrogens with one attached hydrogen (secondary N) is 2. The number of rotatable bonds is 10. The first-order valence-electron chi connectivity index (χ1n) is 10.9. The van der Waals surface area contributed by atoms with Gasteiger partial charge >= 0.3 is 12.1 Å². The van der Waals surface area contributed by atoms with Crippen molar-refractivity contribution >= 4 is 11.9 Å². The number of carbonyl (C=O) groups excluding carboxylic acids is 1. The third-order valence-corrected chi connectivity index (χ3v) is 5.39. The molecule has 6 nitrogen and oxygen atoms in total. The second-order valence-electron chi connectivity index (χ2n) is 8.05. The van der Waals surface area contributed by atoms with Crippen molar-refractivity contribution in [2.75, 3.05) is 6.54 Å². The Kier molecular flexibility index (Phi) is 8.62. The van der Waals surface area contributed by atoms with Gasteiger partial charge in [0.05, 0.1) is 23.3 Å². The van der Waals surface area contributed by atoms with Crippen LogP contribution in [0.4, 0.5) is 13.2 Å². The van der Waals surface area contributed by atoms with Crippen molar-refractivity contribution in [3.05, 3.63) is 107 Å². The van der Waals surface area contributed by atoms with Crippen molar-refractivity contribution < 1.29 is 33.0 Å². The molecule has 2 atom stereocenters. The minimum absolute atomic E-state index is 0.00317. The van der Waals surface area contributed by atoms with Gasteiger partial charge in [-0.1, -0.05) is 54.6 Å². The number of alkyl halides is 3. The highest BCUT2D eigenvalue weighted by molar-refractivity contribution is 5.97. The van der Waals surface area contributed by atoms with Gasteiger partial charge in [-0.2, -0.15) is 13.2 Å². The number of benzene rings is 3.